The van der Waals surface area contributed by atoms with Crippen molar-refractivity contribution in [1.82, 2.24) is 7.96 Å². The summed E-state index contributed by atoms with van der Waals surface area (Å²) in [5.74, 6) is -0.450. The van der Waals surface area contributed by atoms with E-state index in [1.54, 1.807) is 6.08 Å². The van der Waals surface area contributed by atoms with Crippen LogP contribution in [0.4, 0.5) is 0 Å². The topological polar surface area (TPSA) is 112 Å². The molecule has 1 aromatic rings. The third kappa shape index (κ3) is 1.66. The summed E-state index contributed by atoms with van der Waals surface area (Å²) in [7, 11) is 0. The third-order valence-corrected chi connectivity index (χ3v) is 5.06. The van der Waals surface area contributed by atoms with Crippen molar-refractivity contribution in [2.75, 3.05) is 0 Å². The van der Waals surface area contributed by atoms with Crippen molar-refractivity contribution < 1.29 is 9.85 Å². The summed E-state index contributed by atoms with van der Waals surface area (Å²) >= 11 is -0.443. The molecular formula is C11H10N4O4Se. The van der Waals surface area contributed by atoms with E-state index in [4.69, 9.17) is 0 Å². The Morgan fingerprint density at radius 2 is 2.15 bits per heavy atom. The number of aromatic nitrogens is 2. The van der Waals surface area contributed by atoms with Crippen LogP contribution in [0.1, 0.15) is 37.1 Å². The molecule has 2 atom stereocenters. The van der Waals surface area contributed by atoms with Crippen molar-refractivity contribution in [3.8, 4) is 0 Å². The van der Waals surface area contributed by atoms with Crippen LogP contribution in [-0.4, -0.2) is 38.3 Å². The molecule has 1 aromatic heterocycles. The standard InChI is InChI=1S/C11H10N4O4Se/c1-6-2-3-11(15(18)19)5-8(14(16)17)10-9(7(11)4-6)12-20-13-10/h2,5,7H,3-4H2,1H3/t7-,11-/m1/s1. The van der Waals surface area contributed by atoms with Crippen LogP contribution in [0, 0.1) is 20.2 Å². The summed E-state index contributed by atoms with van der Waals surface area (Å²) in [4.78, 5) is 21.8. The van der Waals surface area contributed by atoms with Gasteiger partial charge in [0.1, 0.15) is 0 Å². The van der Waals surface area contributed by atoms with E-state index in [-0.39, 0.29) is 17.8 Å². The van der Waals surface area contributed by atoms with Crippen molar-refractivity contribution in [3.63, 3.8) is 0 Å². The molecule has 2 aliphatic rings. The first-order valence-corrected chi connectivity index (χ1v) is 7.49. The van der Waals surface area contributed by atoms with Crippen LogP contribution >= 0.6 is 0 Å². The van der Waals surface area contributed by atoms with Crippen LogP contribution in [-0.2, 0) is 0 Å². The summed E-state index contributed by atoms with van der Waals surface area (Å²) in [6.07, 6.45) is 3.62. The van der Waals surface area contributed by atoms with E-state index in [9.17, 15) is 20.2 Å². The Hall–Kier alpha value is -1.86. The number of fused-ring (bicyclic) bond motifs is 3. The molecule has 0 unspecified atom stereocenters. The number of allylic oxidation sites excluding steroid dienone is 1. The van der Waals surface area contributed by atoms with Gasteiger partial charge in [-0.1, -0.05) is 0 Å². The molecule has 0 spiro atoms. The second kappa shape index (κ2) is 4.32. The number of nitro groups is 2. The molecule has 9 heteroatoms. The molecule has 0 aliphatic heterocycles. The van der Waals surface area contributed by atoms with Gasteiger partial charge in [0.25, 0.3) is 0 Å². The van der Waals surface area contributed by atoms with Crippen LogP contribution < -0.4 is 0 Å². The van der Waals surface area contributed by atoms with Gasteiger partial charge in [-0.05, 0) is 0 Å². The van der Waals surface area contributed by atoms with Crippen LogP contribution in [0.5, 0.6) is 0 Å². The molecule has 0 bridgehead atoms. The quantitative estimate of drug-likeness (QED) is 0.343. The maximum atomic E-state index is 11.6. The third-order valence-electron chi connectivity index (χ3n) is 3.92. The Kier molecular flexibility index (Phi) is 2.84. The maximum absolute atomic E-state index is 11.6. The summed E-state index contributed by atoms with van der Waals surface area (Å²) in [6.45, 7) is 1.91. The van der Waals surface area contributed by atoms with Crippen LogP contribution in [0.2, 0.25) is 0 Å². The number of rotatable bonds is 2. The van der Waals surface area contributed by atoms with Crippen molar-refractivity contribution in [2.24, 2.45) is 0 Å². The Balaban J connectivity index is 2.27. The number of hydrogen-bond donors (Lipinski definition) is 0. The van der Waals surface area contributed by atoms with E-state index in [0.717, 1.165) is 5.57 Å². The van der Waals surface area contributed by atoms with E-state index < -0.39 is 36.3 Å². The van der Waals surface area contributed by atoms with Gasteiger partial charge < -0.3 is 0 Å². The first-order valence-electron chi connectivity index (χ1n) is 5.96. The molecule has 8 nitrogen and oxygen atoms in total. The number of hydrogen-bond acceptors (Lipinski definition) is 6. The fraction of sp³-hybridized carbons (Fsp3) is 0.455. The molecule has 0 saturated carbocycles. The van der Waals surface area contributed by atoms with E-state index >= 15 is 0 Å². The monoisotopic (exact) mass is 342 g/mol. The van der Waals surface area contributed by atoms with Crippen LogP contribution in [0.15, 0.2) is 17.7 Å². The molecule has 0 N–H and O–H groups in total. The van der Waals surface area contributed by atoms with Crippen molar-refractivity contribution >= 4 is 20.7 Å². The number of nitrogens with zero attached hydrogens (tertiary/aromatic N) is 4. The Labute approximate surface area is 119 Å². The summed E-state index contributed by atoms with van der Waals surface area (Å²) < 4.78 is 8.33. The van der Waals surface area contributed by atoms with Gasteiger partial charge in [0.05, 0.1) is 0 Å². The van der Waals surface area contributed by atoms with Gasteiger partial charge in [-0.3, -0.25) is 0 Å². The average molecular weight is 341 g/mol. The Morgan fingerprint density at radius 1 is 1.40 bits per heavy atom. The molecule has 0 amide bonds. The SMILES string of the molecule is CC1=CC[C@@]2([N+](=O)[O-])C=C([N+](=O)[O-])c3n[se]nc3[C@H]2C1. The van der Waals surface area contributed by atoms with Gasteiger partial charge in [-0.15, -0.1) is 0 Å². The van der Waals surface area contributed by atoms with Crippen molar-refractivity contribution in [2.45, 2.75) is 31.2 Å². The van der Waals surface area contributed by atoms with E-state index in [2.05, 4.69) is 7.96 Å². The average Bonchev–Trinajstić information content (AvgIpc) is 2.86. The first kappa shape index (κ1) is 13.1. The molecule has 104 valence electrons. The predicted molar refractivity (Wildman–Crippen MR) is 69.4 cm³/mol. The van der Waals surface area contributed by atoms with Crippen LogP contribution in [0.3, 0.4) is 0 Å². The van der Waals surface area contributed by atoms with E-state index in [1.165, 1.54) is 6.08 Å². The normalized spacial score (nSPS) is 27.9. The molecule has 0 aromatic carbocycles. The van der Waals surface area contributed by atoms with E-state index in [0.29, 0.717) is 12.1 Å². The minimum atomic E-state index is -1.46. The molecule has 0 fully saturated rings. The second-order valence-electron chi connectivity index (χ2n) is 5.04. The van der Waals surface area contributed by atoms with Crippen molar-refractivity contribution in [1.29, 1.82) is 0 Å². The summed E-state index contributed by atoms with van der Waals surface area (Å²) in [5, 5.41) is 22.8. The molecule has 3 rings (SSSR count). The Bertz CT molecular complexity index is 680. The summed E-state index contributed by atoms with van der Waals surface area (Å²) in [6, 6.07) is 0. The second-order valence-corrected chi connectivity index (χ2v) is 6.15. The molecule has 0 radical (unpaired) electrons. The van der Waals surface area contributed by atoms with Crippen molar-refractivity contribution in [3.05, 3.63) is 49.3 Å². The molecular weight excluding hydrogens is 331 g/mol. The molecule has 0 saturated heterocycles. The zero-order chi connectivity index (χ0) is 14.5. The fourth-order valence-electron chi connectivity index (χ4n) is 2.86. The minimum absolute atomic E-state index is 0.160. The first-order chi connectivity index (χ1) is 9.45. The molecule has 2 aliphatic carbocycles. The van der Waals surface area contributed by atoms with Gasteiger partial charge >= 0.3 is 119 Å². The predicted octanol–water partition coefficient (Wildman–Crippen LogP) is 1.00. The van der Waals surface area contributed by atoms with Gasteiger partial charge in [0, 0.05) is 0 Å². The summed E-state index contributed by atoms with van der Waals surface area (Å²) in [5.41, 5.74) is 0.00614. The Morgan fingerprint density at radius 3 is 2.80 bits per heavy atom. The zero-order valence-electron chi connectivity index (χ0n) is 10.5. The van der Waals surface area contributed by atoms with E-state index in [1.807, 2.05) is 6.92 Å². The molecule has 20 heavy (non-hydrogen) atoms. The zero-order valence-corrected chi connectivity index (χ0v) is 12.2. The van der Waals surface area contributed by atoms with Crippen LogP contribution in [0.25, 0.3) is 5.70 Å². The van der Waals surface area contributed by atoms with Gasteiger partial charge in [0.15, 0.2) is 0 Å². The van der Waals surface area contributed by atoms with Gasteiger partial charge in [0.2, 0.25) is 0 Å². The molecule has 1 heterocycles. The fourth-order valence-corrected chi connectivity index (χ4v) is 4.14. The van der Waals surface area contributed by atoms with Gasteiger partial charge in [-0.2, -0.15) is 0 Å². The van der Waals surface area contributed by atoms with Gasteiger partial charge in [-0.25, -0.2) is 0 Å².